The Morgan fingerprint density at radius 3 is 2.38 bits per heavy atom. The molecule has 1 aliphatic rings. The highest BCUT2D eigenvalue weighted by Gasteiger charge is 2.35. The zero-order valence-corrected chi connectivity index (χ0v) is 10.2. The van der Waals surface area contributed by atoms with Gasteiger partial charge in [0.05, 0.1) is 5.60 Å². The summed E-state index contributed by atoms with van der Waals surface area (Å²) in [7, 11) is 0. The normalized spacial score (nSPS) is 34.9. The minimum atomic E-state index is -0.502. The van der Waals surface area contributed by atoms with Crippen LogP contribution < -0.4 is 0 Å². The Hall–Kier alpha value is -0.890. The molecule has 0 saturated heterocycles. The second-order valence-corrected chi connectivity index (χ2v) is 5.61. The standard InChI is InChI=1S/C14H21NO/c1-11-7-12(2)9-14(16,8-11)10-13-3-5-15-6-4-13/h3-6,11-12,16H,7-10H2,1-2H3. The molecule has 0 bridgehead atoms. The van der Waals surface area contributed by atoms with Crippen molar-refractivity contribution in [3.05, 3.63) is 30.1 Å². The number of pyridine rings is 1. The number of rotatable bonds is 2. The monoisotopic (exact) mass is 219 g/mol. The molecule has 1 fully saturated rings. The molecule has 2 rings (SSSR count). The Balaban J connectivity index is 2.07. The van der Waals surface area contributed by atoms with Gasteiger partial charge < -0.3 is 5.11 Å². The van der Waals surface area contributed by atoms with Gasteiger partial charge in [-0.05, 0) is 48.8 Å². The van der Waals surface area contributed by atoms with Crippen molar-refractivity contribution < 1.29 is 5.11 Å². The molecule has 0 radical (unpaired) electrons. The molecule has 0 spiro atoms. The van der Waals surface area contributed by atoms with Gasteiger partial charge >= 0.3 is 0 Å². The van der Waals surface area contributed by atoms with E-state index in [0.29, 0.717) is 11.8 Å². The van der Waals surface area contributed by atoms with Crippen LogP contribution in [0.1, 0.15) is 38.7 Å². The van der Waals surface area contributed by atoms with Crippen molar-refractivity contribution in [2.75, 3.05) is 0 Å². The summed E-state index contributed by atoms with van der Waals surface area (Å²) in [5, 5.41) is 10.6. The first-order valence-electron chi connectivity index (χ1n) is 6.19. The number of nitrogens with zero attached hydrogens (tertiary/aromatic N) is 1. The fourth-order valence-electron chi connectivity index (χ4n) is 3.26. The molecule has 2 heteroatoms. The third-order valence-corrected chi connectivity index (χ3v) is 3.54. The minimum Gasteiger partial charge on any atom is -0.390 e. The summed E-state index contributed by atoms with van der Waals surface area (Å²) < 4.78 is 0. The summed E-state index contributed by atoms with van der Waals surface area (Å²) in [6.45, 7) is 4.49. The van der Waals surface area contributed by atoms with Gasteiger partial charge in [0.1, 0.15) is 0 Å². The van der Waals surface area contributed by atoms with Crippen molar-refractivity contribution in [2.45, 2.75) is 45.1 Å². The Bertz CT molecular complexity index is 326. The SMILES string of the molecule is CC1CC(C)CC(O)(Cc2ccncc2)C1. The van der Waals surface area contributed by atoms with Crippen molar-refractivity contribution in [1.29, 1.82) is 0 Å². The number of aliphatic hydroxyl groups is 1. The van der Waals surface area contributed by atoms with Gasteiger partial charge in [-0.1, -0.05) is 13.8 Å². The highest BCUT2D eigenvalue weighted by atomic mass is 16.3. The Kier molecular flexibility index (Phi) is 3.29. The summed E-state index contributed by atoms with van der Waals surface area (Å²) in [5.74, 6) is 1.27. The van der Waals surface area contributed by atoms with E-state index in [-0.39, 0.29) is 0 Å². The molecular formula is C14H21NO. The van der Waals surface area contributed by atoms with Crippen LogP contribution in [0.5, 0.6) is 0 Å². The first-order valence-corrected chi connectivity index (χ1v) is 6.19. The van der Waals surface area contributed by atoms with Crippen LogP contribution in [-0.2, 0) is 6.42 Å². The molecule has 16 heavy (non-hydrogen) atoms. The average molecular weight is 219 g/mol. The molecule has 0 aromatic carbocycles. The van der Waals surface area contributed by atoms with E-state index in [1.54, 1.807) is 12.4 Å². The van der Waals surface area contributed by atoms with E-state index in [0.717, 1.165) is 19.3 Å². The molecule has 2 nitrogen and oxygen atoms in total. The van der Waals surface area contributed by atoms with Crippen LogP contribution in [0, 0.1) is 11.8 Å². The number of aromatic nitrogens is 1. The highest BCUT2D eigenvalue weighted by molar-refractivity contribution is 5.13. The van der Waals surface area contributed by atoms with Crippen LogP contribution in [0.15, 0.2) is 24.5 Å². The third kappa shape index (κ3) is 2.82. The smallest absolute Gasteiger partial charge is 0.0693 e. The highest BCUT2D eigenvalue weighted by Crippen LogP contribution is 2.37. The van der Waals surface area contributed by atoms with E-state index in [2.05, 4.69) is 18.8 Å². The predicted molar refractivity (Wildman–Crippen MR) is 65.1 cm³/mol. The molecule has 0 amide bonds. The predicted octanol–water partition coefficient (Wildman–Crippen LogP) is 2.81. The van der Waals surface area contributed by atoms with E-state index >= 15 is 0 Å². The maximum absolute atomic E-state index is 10.6. The quantitative estimate of drug-likeness (QED) is 0.829. The summed E-state index contributed by atoms with van der Waals surface area (Å²) >= 11 is 0. The molecule has 1 aromatic rings. The van der Waals surface area contributed by atoms with E-state index in [9.17, 15) is 5.11 Å². The maximum Gasteiger partial charge on any atom is 0.0693 e. The van der Waals surface area contributed by atoms with Crippen molar-refractivity contribution >= 4 is 0 Å². The fraction of sp³-hybridized carbons (Fsp3) is 0.643. The van der Waals surface area contributed by atoms with Gasteiger partial charge in [-0.2, -0.15) is 0 Å². The minimum absolute atomic E-state index is 0.502. The lowest BCUT2D eigenvalue weighted by Crippen LogP contribution is -2.39. The van der Waals surface area contributed by atoms with E-state index in [4.69, 9.17) is 0 Å². The van der Waals surface area contributed by atoms with Crippen LogP contribution in [0.4, 0.5) is 0 Å². The largest absolute Gasteiger partial charge is 0.390 e. The van der Waals surface area contributed by atoms with Crippen LogP contribution in [0.3, 0.4) is 0 Å². The van der Waals surface area contributed by atoms with Crippen LogP contribution in [-0.4, -0.2) is 15.7 Å². The summed E-state index contributed by atoms with van der Waals surface area (Å²) in [4.78, 5) is 4.01. The topological polar surface area (TPSA) is 33.1 Å². The van der Waals surface area contributed by atoms with Crippen molar-refractivity contribution in [3.63, 3.8) is 0 Å². The molecule has 1 aromatic heterocycles. The van der Waals surface area contributed by atoms with Crippen LogP contribution in [0.25, 0.3) is 0 Å². The van der Waals surface area contributed by atoms with E-state index in [1.807, 2.05) is 12.1 Å². The van der Waals surface area contributed by atoms with Crippen molar-refractivity contribution in [3.8, 4) is 0 Å². The van der Waals surface area contributed by atoms with Gasteiger partial charge in [0.15, 0.2) is 0 Å². The van der Waals surface area contributed by atoms with Crippen molar-refractivity contribution in [2.24, 2.45) is 11.8 Å². The van der Waals surface area contributed by atoms with Gasteiger partial charge in [0, 0.05) is 18.8 Å². The summed E-state index contributed by atoms with van der Waals surface area (Å²) in [6.07, 6.45) is 7.48. The number of hydrogen-bond acceptors (Lipinski definition) is 2. The molecular weight excluding hydrogens is 198 g/mol. The lowest BCUT2D eigenvalue weighted by molar-refractivity contribution is -0.0304. The molecule has 1 heterocycles. The summed E-state index contributed by atoms with van der Waals surface area (Å²) in [5.41, 5.74) is 0.692. The molecule has 1 saturated carbocycles. The van der Waals surface area contributed by atoms with Gasteiger partial charge in [-0.15, -0.1) is 0 Å². The molecule has 88 valence electrons. The average Bonchev–Trinajstić information content (AvgIpc) is 2.15. The first kappa shape index (κ1) is 11.6. The van der Waals surface area contributed by atoms with Gasteiger partial charge in [0.2, 0.25) is 0 Å². The lowest BCUT2D eigenvalue weighted by atomic mass is 9.71. The van der Waals surface area contributed by atoms with Crippen LogP contribution >= 0.6 is 0 Å². The Morgan fingerprint density at radius 2 is 1.81 bits per heavy atom. The number of hydrogen-bond donors (Lipinski definition) is 1. The molecule has 1 aliphatic carbocycles. The second-order valence-electron chi connectivity index (χ2n) is 5.61. The fourth-order valence-corrected chi connectivity index (χ4v) is 3.26. The molecule has 2 unspecified atom stereocenters. The first-order chi connectivity index (χ1) is 7.57. The van der Waals surface area contributed by atoms with E-state index < -0.39 is 5.60 Å². The van der Waals surface area contributed by atoms with Gasteiger partial charge in [-0.25, -0.2) is 0 Å². The van der Waals surface area contributed by atoms with Crippen LogP contribution in [0.2, 0.25) is 0 Å². The van der Waals surface area contributed by atoms with Gasteiger partial charge in [-0.3, -0.25) is 4.98 Å². The Morgan fingerprint density at radius 1 is 1.25 bits per heavy atom. The third-order valence-electron chi connectivity index (χ3n) is 3.54. The Labute approximate surface area is 97.7 Å². The maximum atomic E-state index is 10.6. The van der Waals surface area contributed by atoms with Gasteiger partial charge in [0.25, 0.3) is 0 Å². The van der Waals surface area contributed by atoms with E-state index in [1.165, 1.54) is 12.0 Å². The zero-order valence-electron chi connectivity index (χ0n) is 10.2. The molecule has 1 N–H and O–H groups in total. The second kappa shape index (κ2) is 4.54. The zero-order chi connectivity index (χ0) is 11.6. The molecule has 2 atom stereocenters. The molecule has 0 aliphatic heterocycles. The summed E-state index contributed by atoms with van der Waals surface area (Å²) in [6, 6.07) is 4.00. The van der Waals surface area contributed by atoms with Crippen molar-refractivity contribution in [1.82, 2.24) is 4.98 Å². The lowest BCUT2D eigenvalue weighted by Gasteiger charge is -2.39.